The van der Waals surface area contributed by atoms with Crippen LogP contribution in [0.4, 0.5) is 11.4 Å². The summed E-state index contributed by atoms with van der Waals surface area (Å²) in [5.74, 6) is 1.83. The lowest BCUT2D eigenvalue weighted by Crippen LogP contribution is -2.16. The number of hydrogen-bond acceptors (Lipinski definition) is 5. The number of rotatable bonds is 5. The summed E-state index contributed by atoms with van der Waals surface area (Å²) >= 11 is 0. The van der Waals surface area contributed by atoms with Crippen molar-refractivity contribution in [3.8, 4) is 17.2 Å². The van der Waals surface area contributed by atoms with Crippen LogP contribution >= 0.6 is 0 Å². The fraction of sp³-hybridized carbons (Fsp3) is 0.188. The molecule has 3 rings (SSSR count). The van der Waals surface area contributed by atoms with Gasteiger partial charge in [0.1, 0.15) is 5.75 Å². The summed E-state index contributed by atoms with van der Waals surface area (Å²) in [5, 5.41) is 2.75. The van der Waals surface area contributed by atoms with Crippen molar-refractivity contribution < 1.29 is 19.0 Å². The number of carbonyl (C=O) groups excluding carboxylic acids is 1. The van der Waals surface area contributed by atoms with Gasteiger partial charge in [-0.2, -0.15) is 0 Å². The Labute approximate surface area is 127 Å². The molecule has 6 heteroatoms. The molecule has 1 amide bonds. The minimum Gasteiger partial charge on any atom is -0.493 e. The van der Waals surface area contributed by atoms with Gasteiger partial charge in [-0.25, -0.2) is 0 Å². The second kappa shape index (κ2) is 6.26. The van der Waals surface area contributed by atoms with Crippen molar-refractivity contribution in [3.05, 3.63) is 42.5 Å². The van der Waals surface area contributed by atoms with Gasteiger partial charge in [0.25, 0.3) is 0 Å². The smallest absolute Gasteiger partial charge is 0.231 e. The van der Waals surface area contributed by atoms with E-state index in [0.717, 1.165) is 0 Å². The Morgan fingerprint density at radius 2 is 2.00 bits per heavy atom. The number of carbonyl (C=O) groups is 1. The average molecular weight is 300 g/mol. The summed E-state index contributed by atoms with van der Waals surface area (Å²) in [5.41, 5.74) is 6.91. The van der Waals surface area contributed by atoms with Crippen molar-refractivity contribution in [2.24, 2.45) is 0 Å². The first-order valence-electron chi connectivity index (χ1n) is 6.89. The molecule has 2 aromatic carbocycles. The second-order valence-corrected chi connectivity index (χ2v) is 4.75. The van der Waals surface area contributed by atoms with Gasteiger partial charge in [0.05, 0.1) is 24.4 Å². The number of amides is 1. The van der Waals surface area contributed by atoms with Gasteiger partial charge in [-0.15, -0.1) is 0 Å². The fourth-order valence-corrected chi connectivity index (χ4v) is 2.05. The summed E-state index contributed by atoms with van der Waals surface area (Å²) < 4.78 is 16.0. The van der Waals surface area contributed by atoms with Crippen LogP contribution in [0.15, 0.2) is 42.5 Å². The van der Waals surface area contributed by atoms with Crippen LogP contribution in [-0.4, -0.2) is 19.3 Å². The number of benzene rings is 2. The molecule has 0 unspecified atom stereocenters. The van der Waals surface area contributed by atoms with Gasteiger partial charge < -0.3 is 25.3 Å². The molecule has 3 N–H and O–H groups in total. The number of anilines is 2. The third-order valence-electron chi connectivity index (χ3n) is 3.18. The average Bonchev–Trinajstić information content (AvgIpc) is 2.97. The Hall–Kier alpha value is -2.89. The van der Waals surface area contributed by atoms with Gasteiger partial charge in [0.15, 0.2) is 11.5 Å². The molecule has 2 aromatic rings. The zero-order valence-electron chi connectivity index (χ0n) is 11.9. The molecule has 1 aliphatic rings. The molecule has 0 atom stereocenters. The van der Waals surface area contributed by atoms with Crippen molar-refractivity contribution in [1.29, 1.82) is 0 Å². The molecule has 0 bridgehead atoms. The first-order chi connectivity index (χ1) is 10.7. The van der Waals surface area contributed by atoms with Crippen molar-refractivity contribution in [1.82, 2.24) is 0 Å². The van der Waals surface area contributed by atoms with Crippen LogP contribution in [0.3, 0.4) is 0 Å². The summed E-state index contributed by atoms with van der Waals surface area (Å²) in [6.07, 6.45) is 0.225. The SMILES string of the molecule is Nc1ccccc1NC(=O)CCOc1ccc2c(c1)OCO2. The van der Waals surface area contributed by atoms with Crippen molar-refractivity contribution in [2.45, 2.75) is 6.42 Å². The van der Waals surface area contributed by atoms with E-state index in [9.17, 15) is 4.79 Å². The lowest BCUT2D eigenvalue weighted by Gasteiger charge is -2.09. The summed E-state index contributed by atoms with van der Waals surface area (Å²) in [7, 11) is 0. The van der Waals surface area contributed by atoms with E-state index in [1.165, 1.54) is 0 Å². The van der Waals surface area contributed by atoms with E-state index < -0.39 is 0 Å². The maximum Gasteiger partial charge on any atom is 0.231 e. The second-order valence-electron chi connectivity index (χ2n) is 4.75. The number of para-hydroxylation sites is 2. The van der Waals surface area contributed by atoms with Gasteiger partial charge in [0, 0.05) is 6.07 Å². The highest BCUT2D eigenvalue weighted by Crippen LogP contribution is 2.35. The molecule has 0 fully saturated rings. The third kappa shape index (κ3) is 3.22. The summed E-state index contributed by atoms with van der Waals surface area (Å²) in [4.78, 5) is 11.9. The first-order valence-corrected chi connectivity index (χ1v) is 6.89. The van der Waals surface area contributed by atoms with Crippen LogP contribution in [-0.2, 0) is 4.79 Å². The topological polar surface area (TPSA) is 82.8 Å². The molecule has 1 heterocycles. The molecule has 22 heavy (non-hydrogen) atoms. The van der Waals surface area contributed by atoms with Gasteiger partial charge in [-0.3, -0.25) is 4.79 Å². The van der Waals surface area contributed by atoms with Crippen LogP contribution in [0.5, 0.6) is 17.2 Å². The van der Waals surface area contributed by atoms with E-state index in [-0.39, 0.29) is 25.7 Å². The number of hydrogen-bond donors (Lipinski definition) is 2. The molecular formula is C16H16N2O4. The maximum atomic E-state index is 11.9. The summed E-state index contributed by atoms with van der Waals surface area (Å²) in [6, 6.07) is 12.4. The Kier molecular flexibility index (Phi) is 4.00. The van der Waals surface area contributed by atoms with E-state index in [1.807, 2.05) is 12.1 Å². The molecule has 0 saturated carbocycles. The lowest BCUT2D eigenvalue weighted by atomic mass is 10.2. The predicted molar refractivity (Wildman–Crippen MR) is 82.2 cm³/mol. The molecule has 0 radical (unpaired) electrons. The zero-order chi connectivity index (χ0) is 15.4. The molecular weight excluding hydrogens is 284 g/mol. The van der Waals surface area contributed by atoms with Crippen LogP contribution in [0.1, 0.15) is 6.42 Å². The minimum absolute atomic E-state index is 0.154. The van der Waals surface area contributed by atoms with Gasteiger partial charge in [-0.1, -0.05) is 12.1 Å². The molecule has 6 nitrogen and oxygen atoms in total. The number of fused-ring (bicyclic) bond motifs is 1. The van der Waals surface area contributed by atoms with Crippen LogP contribution < -0.4 is 25.3 Å². The van der Waals surface area contributed by atoms with E-state index in [0.29, 0.717) is 28.6 Å². The fourth-order valence-electron chi connectivity index (χ4n) is 2.05. The van der Waals surface area contributed by atoms with E-state index >= 15 is 0 Å². The maximum absolute atomic E-state index is 11.9. The molecule has 0 aliphatic carbocycles. The van der Waals surface area contributed by atoms with Crippen molar-refractivity contribution >= 4 is 17.3 Å². The van der Waals surface area contributed by atoms with E-state index in [2.05, 4.69) is 5.32 Å². The molecule has 0 saturated heterocycles. The molecule has 114 valence electrons. The predicted octanol–water partition coefficient (Wildman–Crippen LogP) is 2.41. The van der Waals surface area contributed by atoms with Gasteiger partial charge in [0.2, 0.25) is 12.7 Å². The highest BCUT2D eigenvalue weighted by atomic mass is 16.7. The van der Waals surface area contributed by atoms with Crippen molar-refractivity contribution in [3.63, 3.8) is 0 Å². The zero-order valence-corrected chi connectivity index (χ0v) is 11.9. The normalized spacial score (nSPS) is 12.0. The van der Waals surface area contributed by atoms with Crippen LogP contribution in [0, 0.1) is 0 Å². The Balaban J connectivity index is 1.49. The number of nitrogens with two attached hydrogens (primary N) is 1. The monoisotopic (exact) mass is 300 g/mol. The highest BCUT2D eigenvalue weighted by molar-refractivity contribution is 5.93. The third-order valence-corrected chi connectivity index (χ3v) is 3.18. The first kappa shape index (κ1) is 14.1. The van der Waals surface area contributed by atoms with E-state index in [4.69, 9.17) is 19.9 Å². The van der Waals surface area contributed by atoms with Crippen LogP contribution in [0.2, 0.25) is 0 Å². The Morgan fingerprint density at radius 1 is 1.18 bits per heavy atom. The number of nitrogen functional groups attached to an aromatic ring is 1. The molecule has 0 spiro atoms. The standard InChI is InChI=1S/C16H16N2O4/c17-12-3-1-2-4-13(12)18-16(19)7-8-20-11-5-6-14-15(9-11)22-10-21-14/h1-6,9H,7-8,10,17H2,(H,18,19). The highest BCUT2D eigenvalue weighted by Gasteiger charge is 2.13. The molecule has 1 aliphatic heterocycles. The van der Waals surface area contributed by atoms with Crippen LogP contribution in [0.25, 0.3) is 0 Å². The quantitative estimate of drug-likeness (QED) is 0.829. The number of ether oxygens (including phenoxy) is 3. The minimum atomic E-state index is -0.154. The molecule has 0 aromatic heterocycles. The number of nitrogens with one attached hydrogen (secondary N) is 1. The Bertz CT molecular complexity index is 688. The van der Waals surface area contributed by atoms with Gasteiger partial charge >= 0.3 is 0 Å². The summed E-state index contributed by atoms with van der Waals surface area (Å²) in [6.45, 7) is 0.484. The van der Waals surface area contributed by atoms with Crippen molar-refractivity contribution in [2.75, 3.05) is 24.5 Å². The Morgan fingerprint density at radius 3 is 2.86 bits per heavy atom. The van der Waals surface area contributed by atoms with E-state index in [1.54, 1.807) is 30.3 Å². The van der Waals surface area contributed by atoms with Gasteiger partial charge in [-0.05, 0) is 24.3 Å². The lowest BCUT2D eigenvalue weighted by molar-refractivity contribution is -0.116. The largest absolute Gasteiger partial charge is 0.493 e.